The van der Waals surface area contributed by atoms with Crippen LogP contribution in [0.3, 0.4) is 0 Å². The quantitative estimate of drug-likeness (QED) is 0.739. The lowest BCUT2D eigenvalue weighted by Crippen LogP contribution is -2.45. The minimum absolute atomic E-state index is 0. The molecule has 1 saturated heterocycles. The predicted molar refractivity (Wildman–Crippen MR) is 116 cm³/mol. The van der Waals surface area contributed by atoms with Crippen molar-refractivity contribution in [2.24, 2.45) is 0 Å². The summed E-state index contributed by atoms with van der Waals surface area (Å²) in [5.41, 5.74) is 3.78. The van der Waals surface area contributed by atoms with E-state index in [0.717, 1.165) is 43.3 Å². The Morgan fingerprint density at radius 3 is 2.74 bits per heavy atom. The van der Waals surface area contributed by atoms with Gasteiger partial charge in [0.15, 0.2) is 0 Å². The minimum Gasteiger partial charge on any atom is -0.359 e. The number of nitrogens with zero attached hydrogens (tertiary/aromatic N) is 2. The molecule has 0 aliphatic carbocycles. The van der Waals surface area contributed by atoms with Crippen molar-refractivity contribution in [2.45, 2.75) is 32.4 Å². The zero-order valence-corrected chi connectivity index (χ0v) is 18.2. The molecule has 1 unspecified atom stereocenters. The molecule has 2 heterocycles. The van der Waals surface area contributed by atoms with E-state index in [4.69, 9.17) is 0 Å². The molecule has 8 heteroatoms. The molecule has 1 fully saturated rings. The highest BCUT2D eigenvalue weighted by molar-refractivity contribution is 7.09. The number of amides is 1. The first-order valence-electron chi connectivity index (χ1n) is 8.87. The fourth-order valence-electron chi connectivity index (χ4n) is 3.18. The van der Waals surface area contributed by atoms with Crippen molar-refractivity contribution >= 4 is 42.1 Å². The summed E-state index contributed by atoms with van der Waals surface area (Å²) in [4.78, 5) is 18.6. The van der Waals surface area contributed by atoms with Gasteiger partial charge >= 0.3 is 0 Å². The first-order valence-corrected chi connectivity index (χ1v) is 9.75. The normalized spacial score (nSPS) is 16.9. The number of thiazole rings is 1. The molecule has 0 radical (unpaired) electrons. The predicted octanol–water partition coefficient (Wildman–Crippen LogP) is 2.98. The van der Waals surface area contributed by atoms with Crippen LogP contribution >= 0.6 is 36.2 Å². The lowest BCUT2D eigenvalue weighted by Gasteiger charge is -2.36. The molecule has 3 rings (SSSR count). The lowest BCUT2D eigenvalue weighted by atomic mass is 10.0. The van der Waals surface area contributed by atoms with Crippen LogP contribution in [0.25, 0.3) is 0 Å². The van der Waals surface area contributed by atoms with E-state index in [-0.39, 0.29) is 30.7 Å². The molecular weight excluding hydrogens is 403 g/mol. The molecule has 1 aliphatic heterocycles. The second-order valence-corrected chi connectivity index (χ2v) is 7.31. The molecule has 1 aromatic heterocycles. The number of benzene rings is 1. The monoisotopic (exact) mass is 430 g/mol. The maximum Gasteiger partial charge on any atom is 0.226 e. The smallest absolute Gasteiger partial charge is 0.226 e. The van der Waals surface area contributed by atoms with E-state index >= 15 is 0 Å². The molecule has 1 aliphatic rings. The van der Waals surface area contributed by atoms with Crippen molar-refractivity contribution in [1.82, 2.24) is 20.5 Å². The summed E-state index contributed by atoms with van der Waals surface area (Å²) < 4.78 is 0. The molecular formula is C19H28Cl2N4OS. The zero-order chi connectivity index (χ0) is 17.6. The third-order valence-electron chi connectivity index (χ3n) is 4.68. The van der Waals surface area contributed by atoms with Crippen molar-refractivity contribution < 1.29 is 4.79 Å². The number of halogens is 2. The number of carbonyl (C=O) groups excluding carboxylic acids is 1. The fraction of sp³-hybridized carbons (Fsp3) is 0.474. The summed E-state index contributed by atoms with van der Waals surface area (Å²) >= 11 is 1.57. The Hall–Kier alpha value is -1.18. The highest BCUT2D eigenvalue weighted by atomic mass is 35.5. The number of hydrogen-bond donors (Lipinski definition) is 2. The van der Waals surface area contributed by atoms with Gasteiger partial charge in [-0.3, -0.25) is 9.69 Å². The molecule has 1 atom stereocenters. The Balaban J connectivity index is 0.00000182. The van der Waals surface area contributed by atoms with Crippen molar-refractivity contribution in [2.75, 3.05) is 26.7 Å². The van der Waals surface area contributed by atoms with Crippen LogP contribution in [0.5, 0.6) is 0 Å². The van der Waals surface area contributed by atoms with Crippen LogP contribution in [0.4, 0.5) is 0 Å². The number of nitrogens with one attached hydrogen (secondary N) is 2. The van der Waals surface area contributed by atoms with Gasteiger partial charge in [0, 0.05) is 44.6 Å². The Bertz CT molecular complexity index is 708. The van der Waals surface area contributed by atoms with Crippen LogP contribution < -0.4 is 10.6 Å². The number of piperazine rings is 1. The van der Waals surface area contributed by atoms with Gasteiger partial charge in [-0.15, -0.1) is 36.2 Å². The summed E-state index contributed by atoms with van der Waals surface area (Å²) in [6.45, 7) is 5.97. The molecule has 5 nitrogen and oxygen atoms in total. The van der Waals surface area contributed by atoms with Gasteiger partial charge in [0.05, 0.1) is 12.1 Å². The standard InChI is InChI=1S/C19H26N4OS.2ClH/c1-3-14-4-6-15(7-5-14)17-11-21-8-9-23(17)12-16-13-25-19(22-16)10-18(24)20-2;;/h4-7,13,17,21H,3,8-12H2,1-2H3,(H,20,24);2*1H. The summed E-state index contributed by atoms with van der Waals surface area (Å²) in [5.74, 6) is 0.0111. The zero-order valence-electron chi connectivity index (χ0n) is 15.7. The Morgan fingerprint density at radius 1 is 1.33 bits per heavy atom. The third kappa shape index (κ3) is 6.43. The first kappa shape index (κ1) is 23.9. The number of hydrogen-bond acceptors (Lipinski definition) is 5. The van der Waals surface area contributed by atoms with Gasteiger partial charge in [0.2, 0.25) is 5.91 Å². The van der Waals surface area contributed by atoms with Crippen molar-refractivity contribution in [3.63, 3.8) is 0 Å². The van der Waals surface area contributed by atoms with Crippen LogP contribution in [0.1, 0.15) is 34.8 Å². The fourth-order valence-corrected chi connectivity index (χ4v) is 3.96. The molecule has 1 amide bonds. The Labute approximate surface area is 177 Å². The third-order valence-corrected chi connectivity index (χ3v) is 5.58. The second kappa shape index (κ2) is 11.6. The van der Waals surface area contributed by atoms with E-state index < -0.39 is 0 Å². The van der Waals surface area contributed by atoms with Gasteiger partial charge in [-0.05, 0) is 17.5 Å². The van der Waals surface area contributed by atoms with Gasteiger partial charge in [-0.1, -0.05) is 31.2 Å². The van der Waals surface area contributed by atoms with E-state index in [2.05, 4.69) is 57.1 Å². The first-order chi connectivity index (χ1) is 12.2. The molecule has 150 valence electrons. The van der Waals surface area contributed by atoms with Gasteiger partial charge < -0.3 is 10.6 Å². The molecule has 0 spiro atoms. The van der Waals surface area contributed by atoms with Crippen LogP contribution in [-0.2, 0) is 24.2 Å². The molecule has 1 aromatic carbocycles. The summed E-state index contributed by atoms with van der Waals surface area (Å²) in [7, 11) is 1.66. The SMILES string of the molecule is CCc1ccc(C2CNCCN2Cc2csc(CC(=O)NC)n2)cc1.Cl.Cl. The van der Waals surface area contributed by atoms with Crippen LogP contribution in [0, 0.1) is 0 Å². The van der Waals surface area contributed by atoms with Gasteiger partial charge in [-0.25, -0.2) is 4.98 Å². The van der Waals surface area contributed by atoms with Crippen molar-refractivity contribution in [3.8, 4) is 0 Å². The highest BCUT2D eigenvalue weighted by Crippen LogP contribution is 2.25. The van der Waals surface area contributed by atoms with E-state index in [1.807, 2.05) is 0 Å². The summed E-state index contributed by atoms with van der Waals surface area (Å²) in [6, 6.07) is 9.32. The number of aryl methyl sites for hydroxylation is 1. The Kier molecular flexibility index (Phi) is 10.3. The van der Waals surface area contributed by atoms with Crippen LogP contribution in [0.15, 0.2) is 29.6 Å². The number of likely N-dealkylation sites (N-methyl/N-ethyl adjacent to an activating group) is 1. The number of rotatable bonds is 6. The van der Waals surface area contributed by atoms with Gasteiger partial charge in [0.25, 0.3) is 0 Å². The van der Waals surface area contributed by atoms with Crippen molar-refractivity contribution in [1.29, 1.82) is 0 Å². The van der Waals surface area contributed by atoms with E-state index in [1.165, 1.54) is 11.1 Å². The maximum absolute atomic E-state index is 11.5. The van der Waals surface area contributed by atoms with Gasteiger partial charge in [-0.2, -0.15) is 0 Å². The minimum atomic E-state index is 0. The summed E-state index contributed by atoms with van der Waals surface area (Å²) in [6.07, 6.45) is 1.43. The maximum atomic E-state index is 11.5. The second-order valence-electron chi connectivity index (χ2n) is 6.37. The molecule has 0 bridgehead atoms. The van der Waals surface area contributed by atoms with E-state index in [9.17, 15) is 4.79 Å². The van der Waals surface area contributed by atoms with Crippen LogP contribution in [0.2, 0.25) is 0 Å². The summed E-state index contributed by atoms with van der Waals surface area (Å²) in [5, 5.41) is 9.12. The lowest BCUT2D eigenvalue weighted by molar-refractivity contribution is -0.119. The topological polar surface area (TPSA) is 57.3 Å². The van der Waals surface area contributed by atoms with Crippen LogP contribution in [-0.4, -0.2) is 42.5 Å². The molecule has 2 N–H and O–H groups in total. The molecule has 27 heavy (non-hydrogen) atoms. The van der Waals surface area contributed by atoms with Gasteiger partial charge in [0.1, 0.15) is 5.01 Å². The van der Waals surface area contributed by atoms with E-state index in [1.54, 1.807) is 18.4 Å². The number of aromatic nitrogens is 1. The Morgan fingerprint density at radius 2 is 2.07 bits per heavy atom. The molecule has 2 aromatic rings. The largest absolute Gasteiger partial charge is 0.359 e. The molecule has 0 saturated carbocycles. The average Bonchev–Trinajstić information content (AvgIpc) is 3.09. The van der Waals surface area contributed by atoms with Crippen molar-refractivity contribution in [3.05, 3.63) is 51.5 Å². The number of carbonyl (C=O) groups is 1. The highest BCUT2D eigenvalue weighted by Gasteiger charge is 2.24. The van der Waals surface area contributed by atoms with E-state index in [0.29, 0.717) is 12.5 Å². The average molecular weight is 431 g/mol.